The Morgan fingerprint density at radius 2 is 1.78 bits per heavy atom. The molecule has 90 valence electrons. The van der Waals surface area contributed by atoms with Crippen LogP contribution in [-0.2, 0) is 0 Å². The van der Waals surface area contributed by atoms with Crippen molar-refractivity contribution >= 4 is 21.4 Å². The highest BCUT2D eigenvalue weighted by atomic mass is 32.1. The predicted molar refractivity (Wildman–Crippen MR) is 78.6 cm³/mol. The maximum Gasteiger partial charge on any atom is 0.119 e. The number of rotatable bonds is 2. The van der Waals surface area contributed by atoms with Gasteiger partial charge in [-0.25, -0.2) is 0 Å². The lowest BCUT2D eigenvalue weighted by molar-refractivity contribution is 0.415. The Hall–Kier alpha value is -1.80. The molecule has 0 aliphatic carbocycles. The fraction of sp³-hybridized carbons (Fsp3) is 0.125. The molecule has 0 saturated carbocycles. The highest BCUT2D eigenvalue weighted by Crippen LogP contribution is 2.39. The lowest BCUT2D eigenvalue weighted by atomic mass is 10.0. The van der Waals surface area contributed by atoms with Crippen molar-refractivity contribution in [3.8, 4) is 16.9 Å². The van der Waals surface area contributed by atoms with Crippen LogP contribution in [0.2, 0.25) is 0 Å². The van der Waals surface area contributed by atoms with E-state index in [1.54, 1.807) is 7.11 Å². The van der Waals surface area contributed by atoms with Crippen LogP contribution in [0.25, 0.3) is 21.2 Å². The van der Waals surface area contributed by atoms with Gasteiger partial charge in [-0.2, -0.15) is 0 Å². The number of ether oxygens (including phenoxy) is 1. The van der Waals surface area contributed by atoms with Gasteiger partial charge in [0.2, 0.25) is 0 Å². The molecule has 0 fully saturated rings. The van der Waals surface area contributed by atoms with Crippen LogP contribution in [0.5, 0.6) is 5.75 Å². The average molecular weight is 254 g/mol. The number of benzene rings is 2. The summed E-state index contributed by atoms with van der Waals surface area (Å²) in [7, 11) is 1.71. The Morgan fingerprint density at radius 1 is 1.00 bits per heavy atom. The summed E-state index contributed by atoms with van der Waals surface area (Å²) in [4.78, 5) is 1.35. The van der Waals surface area contributed by atoms with Crippen molar-refractivity contribution in [2.24, 2.45) is 0 Å². The predicted octanol–water partition coefficient (Wildman–Crippen LogP) is 4.89. The molecule has 0 radical (unpaired) electrons. The Labute approximate surface area is 111 Å². The molecule has 0 aliphatic rings. The second-order valence-electron chi connectivity index (χ2n) is 4.26. The third-order valence-corrected chi connectivity index (χ3v) is 4.22. The first kappa shape index (κ1) is 11.3. The topological polar surface area (TPSA) is 9.23 Å². The van der Waals surface area contributed by atoms with Crippen molar-refractivity contribution in [1.29, 1.82) is 0 Å². The van der Waals surface area contributed by atoms with E-state index in [1.807, 2.05) is 23.5 Å². The minimum absolute atomic E-state index is 0.914. The molecule has 0 spiro atoms. The zero-order valence-corrected chi connectivity index (χ0v) is 11.3. The second kappa shape index (κ2) is 4.46. The van der Waals surface area contributed by atoms with Crippen LogP contribution >= 0.6 is 11.3 Å². The monoisotopic (exact) mass is 254 g/mol. The minimum atomic E-state index is 0.914. The Kier molecular flexibility index (Phi) is 2.80. The fourth-order valence-electron chi connectivity index (χ4n) is 2.29. The van der Waals surface area contributed by atoms with E-state index in [2.05, 4.69) is 43.3 Å². The van der Waals surface area contributed by atoms with E-state index in [1.165, 1.54) is 26.1 Å². The normalized spacial score (nSPS) is 10.8. The molecule has 0 unspecified atom stereocenters. The summed E-state index contributed by atoms with van der Waals surface area (Å²) < 4.78 is 6.64. The summed E-state index contributed by atoms with van der Waals surface area (Å²) in [6, 6.07) is 16.8. The molecule has 0 amide bonds. The zero-order valence-electron chi connectivity index (χ0n) is 10.4. The van der Waals surface area contributed by atoms with Crippen LogP contribution in [-0.4, -0.2) is 7.11 Å². The molecular formula is C16H14OS. The van der Waals surface area contributed by atoms with E-state index in [0.29, 0.717) is 0 Å². The van der Waals surface area contributed by atoms with Crippen LogP contribution < -0.4 is 4.74 Å². The molecule has 18 heavy (non-hydrogen) atoms. The van der Waals surface area contributed by atoms with Gasteiger partial charge in [0.15, 0.2) is 0 Å². The van der Waals surface area contributed by atoms with Crippen molar-refractivity contribution < 1.29 is 4.74 Å². The molecule has 1 aromatic heterocycles. The van der Waals surface area contributed by atoms with Crippen LogP contribution in [0.1, 0.15) is 4.88 Å². The minimum Gasteiger partial charge on any atom is -0.497 e. The lowest BCUT2D eigenvalue weighted by Crippen LogP contribution is -1.82. The van der Waals surface area contributed by atoms with Gasteiger partial charge in [0.05, 0.1) is 7.11 Å². The van der Waals surface area contributed by atoms with Gasteiger partial charge in [-0.3, -0.25) is 0 Å². The maximum absolute atomic E-state index is 5.33. The van der Waals surface area contributed by atoms with Crippen LogP contribution in [0, 0.1) is 6.92 Å². The molecular weight excluding hydrogens is 240 g/mol. The number of fused-ring (bicyclic) bond motifs is 1. The standard InChI is InChI=1S/C16H14OS/c1-11-16(12-6-4-3-5-7-12)14-10-13(17-2)8-9-15(14)18-11/h3-10H,1-2H3. The molecule has 0 bridgehead atoms. The van der Waals surface area contributed by atoms with E-state index < -0.39 is 0 Å². The molecule has 2 heteroatoms. The smallest absolute Gasteiger partial charge is 0.119 e. The first-order chi connectivity index (χ1) is 8.79. The maximum atomic E-state index is 5.33. The molecule has 0 N–H and O–H groups in total. The third-order valence-electron chi connectivity index (χ3n) is 3.13. The summed E-state index contributed by atoms with van der Waals surface area (Å²) >= 11 is 1.84. The zero-order chi connectivity index (χ0) is 12.5. The molecule has 0 aliphatic heterocycles. The van der Waals surface area contributed by atoms with E-state index in [4.69, 9.17) is 4.74 Å². The van der Waals surface area contributed by atoms with Gasteiger partial charge in [0.1, 0.15) is 5.75 Å². The average Bonchev–Trinajstić information content (AvgIpc) is 2.74. The SMILES string of the molecule is COc1ccc2sc(C)c(-c3ccccc3)c2c1. The summed E-state index contributed by atoms with van der Waals surface area (Å²) in [5, 5.41) is 1.28. The van der Waals surface area contributed by atoms with Crippen LogP contribution in [0.4, 0.5) is 0 Å². The number of hydrogen-bond acceptors (Lipinski definition) is 2. The highest BCUT2D eigenvalue weighted by molar-refractivity contribution is 7.19. The molecule has 1 nitrogen and oxygen atoms in total. The van der Waals surface area contributed by atoms with Crippen molar-refractivity contribution in [3.05, 3.63) is 53.4 Å². The Morgan fingerprint density at radius 3 is 2.50 bits per heavy atom. The van der Waals surface area contributed by atoms with Crippen molar-refractivity contribution in [1.82, 2.24) is 0 Å². The lowest BCUT2D eigenvalue weighted by Gasteiger charge is -2.03. The number of methoxy groups -OCH3 is 1. The summed E-state index contributed by atoms with van der Waals surface area (Å²) in [5.74, 6) is 0.914. The van der Waals surface area contributed by atoms with Gasteiger partial charge in [0.25, 0.3) is 0 Å². The molecule has 3 aromatic rings. The van der Waals surface area contributed by atoms with Gasteiger partial charge in [-0.15, -0.1) is 11.3 Å². The van der Waals surface area contributed by atoms with Gasteiger partial charge in [0, 0.05) is 20.5 Å². The summed E-state index contributed by atoms with van der Waals surface area (Å²) in [5.41, 5.74) is 2.60. The largest absolute Gasteiger partial charge is 0.497 e. The van der Waals surface area contributed by atoms with E-state index >= 15 is 0 Å². The first-order valence-corrected chi connectivity index (χ1v) is 6.74. The Balaban J connectivity index is 2.30. The number of aryl methyl sites for hydroxylation is 1. The quantitative estimate of drug-likeness (QED) is 0.633. The van der Waals surface area contributed by atoms with E-state index in [9.17, 15) is 0 Å². The Bertz CT molecular complexity index is 683. The molecule has 2 aromatic carbocycles. The molecule has 3 rings (SSSR count). The molecule has 1 heterocycles. The first-order valence-electron chi connectivity index (χ1n) is 5.92. The van der Waals surface area contributed by atoms with Gasteiger partial charge in [-0.05, 0) is 30.7 Å². The number of thiophene rings is 1. The second-order valence-corrected chi connectivity index (χ2v) is 5.52. The molecule has 0 atom stereocenters. The van der Waals surface area contributed by atoms with Crippen molar-refractivity contribution in [2.45, 2.75) is 6.92 Å². The van der Waals surface area contributed by atoms with Crippen LogP contribution in [0.15, 0.2) is 48.5 Å². The number of hydrogen-bond donors (Lipinski definition) is 0. The fourth-order valence-corrected chi connectivity index (χ4v) is 3.36. The van der Waals surface area contributed by atoms with Crippen LogP contribution in [0.3, 0.4) is 0 Å². The van der Waals surface area contributed by atoms with Crippen molar-refractivity contribution in [2.75, 3.05) is 7.11 Å². The summed E-state index contributed by atoms with van der Waals surface area (Å²) in [6.07, 6.45) is 0. The van der Waals surface area contributed by atoms with Crippen molar-refractivity contribution in [3.63, 3.8) is 0 Å². The third kappa shape index (κ3) is 1.79. The highest BCUT2D eigenvalue weighted by Gasteiger charge is 2.11. The van der Waals surface area contributed by atoms with E-state index in [-0.39, 0.29) is 0 Å². The summed E-state index contributed by atoms with van der Waals surface area (Å²) in [6.45, 7) is 2.18. The van der Waals surface area contributed by atoms with Gasteiger partial charge >= 0.3 is 0 Å². The van der Waals surface area contributed by atoms with Gasteiger partial charge in [-0.1, -0.05) is 30.3 Å². The van der Waals surface area contributed by atoms with Gasteiger partial charge < -0.3 is 4.74 Å². The van der Waals surface area contributed by atoms with E-state index in [0.717, 1.165) is 5.75 Å². The molecule has 0 saturated heterocycles.